The molecular weight excluding hydrogens is 292 g/mol. The van der Waals surface area contributed by atoms with Crippen LogP contribution >= 0.6 is 0 Å². The van der Waals surface area contributed by atoms with Gasteiger partial charge >= 0.3 is 96.5 Å². The molecule has 0 spiro atoms. The first-order chi connectivity index (χ1) is 6.81. The summed E-state index contributed by atoms with van der Waals surface area (Å²) < 4.78 is 8.30. The molecule has 0 aromatic heterocycles. The van der Waals surface area contributed by atoms with Gasteiger partial charge in [0.1, 0.15) is 0 Å². The molecule has 0 aromatic carbocycles. The van der Waals surface area contributed by atoms with Crippen LogP contribution in [-0.2, 0) is 9.53 Å². The van der Waals surface area contributed by atoms with E-state index in [0.29, 0.717) is 6.61 Å². The maximum atomic E-state index is 10.8. The van der Waals surface area contributed by atoms with Gasteiger partial charge in [-0.3, -0.25) is 0 Å². The van der Waals surface area contributed by atoms with Crippen molar-refractivity contribution in [3.8, 4) is 0 Å². The average molecular weight is 310 g/mol. The molecule has 0 aliphatic carbocycles. The molecule has 0 atom stereocenters. The van der Waals surface area contributed by atoms with Crippen molar-refractivity contribution < 1.29 is 9.53 Å². The molecule has 0 amide bonds. The predicted octanol–water partition coefficient (Wildman–Crippen LogP) is 2.54. The van der Waals surface area contributed by atoms with Gasteiger partial charge in [0, 0.05) is 0 Å². The Morgan fingerprint density at radius 2 is 2.14 bits per heavy atom. The molecule has 14 heavy (non-hydrogen) atoms. The molecule has 0 heterocycles. The van der Waals surface area contributed by atoms with Crippen molar-refractivity contribution in [3.63, 3.8) is 0 Å². The van der Waals surface area contributed by atoms with Gasteiger partial charge in [-0.2, -0.15) is 0 Å². The third-order valence-corrected chi connectivity index (χ3v) is 3.91. The Morgan fingerprint density at radius 3 is 2.79 bits per heavy atom. The summed E-state index contributed by atoms with van der Waals surface area (Å²) in [5.74, 6) is -0.258. The van der Waals surface area contributed by atoms with Crippen molar-refractivity contribution in [1.29, 1.82) is 0 Å². The summed E-state index contributed by atoms with van der Waals surface area (Å²) in [6, 6.07) is 0. The summed E-state index contributed by atoms with van der Waals surface area (Å²) in [4.78, 5) is 10.8. The van der Waals surface area contributed by atoms with Crippen molar-refractivity contribution in [2.45, 2.75) is 31.2 Å². The number of allylic oxidation sites excluding steroid dienone is 2. The number of rotatable bonds is 7. The normalized spacial score (nSPS) is 11.3. The standard InChI is InChI=1S/C11H18O2Te/c1-3-5-9-14-10-7-6-8-11(12)13-4-2/h6-8,10H,3-5,9H2,1-2H3/b8-6+,10-7-. The summed E-state index contributed by atoms with van der Waals surface area (Å²) in [5, 5.41) is 0. The Morgan fingerprint density at radius 1 is 1.36 bits per heavy atom. The van der Waals surface area contributed by atoms with Crippen LogP contribution < -0.4 is 0 Å². The van der Waals surface area contributed by atoms with E-state index < -0.39 is 0 Å². The summed E-state index contributed by atoms with van der Waals surface area (Å²) in [5.41, 5.74) is 0. The third kappa shape index (κ3) is 9.82. The monoisotopic (exact) mass is 312 g/mol. The van der Waals surface area contributed by atoms with E-state index in [-0.39, 0.29) is 26.9 Å². The number of hydrogen-bond acceptors (Lipinski definition) is 2. The van der Waals surface area contributed by atoms with Gasteiger partial charge in [0.15, 0.2) is 0 Å². The van der Waals surface area contributed by atoms with Gasteiger partial charge < -0.3 is 0 Å². The van der Waals surface area contributed by atoms with Gasteiger partial charge in [0.25, 0.3) is 0 Å². The molecule has 0 aromatic rings. The first-order valence-corrected chi connectivity index (χ1v) is 7.92. The molecular formula is C11H18O2Te. The first kappa shape index (κ1) is 13.7. The Bertz CT molecular complexity index is 197. The van der Waals surface area contributed by atoms with Crippen molar-refractivity contribution in [2.75, 3.05) is 6.61 Å². The molecule has 80 valence electrons. The zero-order valence-corrected chi connectivity index (χ0v) is 11.2. The third-order valence-electron chi connectivity index (χ3n) is 1.42. The second-order valence-electron chi connectivity index (χ2n) is 2.66. The molecule has 0 unspecified atom stereocenters. The summed E-state index contributed by atoms with van der Waals surface area (Å²) in [6.45, 7) is 4.45. The average Bonchev–Trinajstić information content (AvgIpc) is 2.17. The second-order valence-corrected chi connectivity index (χ2v) is 5.56. The van der Waals surface area contributed by atoms with Crippen LogP contribution in [0.4, 0.5) is 0 Å². The quantitative estimate of drug-likeness (QED) is 0.237. The van der Waals surface area contributed by atoms with E-state index in [9.17, 15) is 4.79 Å². The van der Waals surface area contributed by atoms with Crippen molar-refractivity contribution >= 4 is 26.9 Å². The van der Waals surface area contributed by atoms with Gasteiger partial charge in [-0.15, -0.1) is 0 Å². The van der Waals surface area contributed by atoms with E-state index in [1.54, 1.807) is 13.0 Å². The zero-order chi connectivity index (χ0) is 10.6. The Kier molecular flexibility index (Phi) is 10.6. The number of hydrogen-bond donors (Lipinski definition) is 0. The number of ether oxygens (including phenoxy) is 1. The number of esters is 1. The van der Waals surface area contributed by atoms with E-state index >= 15 is 0 Å². The van der Waals surface area contributed by atoms with E-state index in [1.165, 1.54) is 23.4 Å². The van der Waals surface area contributed by atoms with Crippen LogP contribution in [0, 0.1) is 0 Å². The minimum absolute atomic E-state index is 0.0320. The molecule has 0 fully saturated rings. The molecule has 3 heteroatoms. The van der Waals surface area contributed by atoms with Crippen molar-refractivity contribution in [1.82, 2.24) is 0 Å². The fourth-order valence-electron chi connectivity index (χ4n) is 0.721. The van der Waals surface area contributed by atoms with Crippen molar-refractivity contribution in [3.05, 3.63) is 22.4 Å². The number of carbonyl (C=O) groups excluding carboxylic acids is 1. The minimum atomic E-state index is -0.258. The van der Waals surface area contributed by atoms with Crippen molar-refractivity contribution in [2.24, 2.45) is 0 Å². The molecule has 2 nitrogen and oxygen atoms in total. The van der Waals surface area contributed by atoms with Crippen LogP contribution in [0.15, 0.2) is 22.4 Å². The summed E-state index contributed by atoms with van der Waals surface area (Å²) in [6.07, 6.45) is 7.78. The Hall–Kier alpha value is -0.260. The van der Waals surface area contributed by atoms with Gasteiger partial charge in [-0.25, -0.2) is 0 Å². The number of carbonyl (C=O) groups is 1. The molecule has 0 saturated heterocycles. The molecule has 0 aliphatic heterocycles. The fourth-order valence-corrected chi connectivity index (χ4v) is 2.99. The van der Waals surface area contributed by atoms with E-state index in [2.05, 4.69) is 11.0 Å². The maximum absolute atomic E-state index is 10.8. The van der Waals surface area contributed by atoms with Gasteiger partial charge in [0.2, 0.25) is 0 Å². The van der Waals surface area contributed by atoms with Crippen LogP contribution in [0.25, 0.3) is 0 Å². The Labute approximate surface area is 96.5 Å². The van der Waals surface area contributed by atoms with Crippen LogP contribution in [0.1, 0.15) is 26.7 Å². The van der Waals surface area contributed by atoms with Crippen LogP contribution in [-0.4, -0.2) is 33.5 Å². The van der Waals surface area contributed by atoms with E-state index in [0.717, 1.165) is 0 Å². The van der Waals surface area contributed by atoms with Crippen LogP contribution in [0.2, 0.25) is 4.47 Å². The topological polar surface area (TPSA) is 26.3 Å². The van der Waals surface area contributed by atoms with Crippen LogP contribution in [0.5, 0.6) is 0 Å². The fraction of sp³-hybridized carbons (Fsp3) is 0.545. The SMILES string of the molecule is CCCC[Te]/C=C\C=C\C(=O)OCC. The molecule has 0 saturated carbocycles. The molecule has 0 radical (unpaired) electrons. The summed E-state index contributed by atoms with van der Waals surface area (Å²) in [7, 11) is 0. The Balaban J connectivity index is 3.45. The molecule has 0 aliphatic rings. The van der Waals surface area contributed by atoms with Crippen LogP contribution in [0.3, 0.4) is 0 Å². The van der Waals surface area contributed by atoms with E-state index in [4.69, 9.17) is 4.74 Å². The second kappa shape index (κ2) is 10.8. The van der Waals surface area contributed by atoms with Gasteiger partial charge in [-0.1, -0.05) is 0 Å². The van der Waals surface area contributed by atoms with Gasteiger partial charge in [-0.05, 0) is 0 Å². The first-order valence-electron chi connectivity index (χ1n) is 4.92. The molecule has 0 rings (SSSR count). The molecule has 0 bridgehead atoms. The zero-order valence-electron chi connectivity index (χ0n) is 8.86. The van der Waals surface area contributed by atoms with E-state index in [1.807, 2.05) is 6.08 Å². The molecule has 0 N–H and O–H groups in total. The van der Waals surface area contributed by atoms with Gasteiger partial charge in [0.05, 0.1) is 0 Å². The predicted molar refractivity (Wildman–Crippen MR) is 60.4 cm³/mol. The number of unbranched alkanes of at least 4 members (excludes halogenated alkanes) is 1. The summed E-state index contributed by atoms with van der Waals surface area (Å²) >= 11 is 0.0320.